The summed E-state index contributed by atoms with van der Waals surface area (Å²) in [5.41, 5.74) is 1.86. The Hall–Kier alpha value is -2.40. The Morgan fingerprint density at radius 2 is 1.90 bits per heavy atom. The Morgan fingerprint density at radius 3 is 2.52 bits per heavy atom. The van der Waals surface area contributed by atoms with E-state index in [1.807, 2.05) is 26.2 Å². The van der Waals surface area contributed by atoms with Crippen LogP contribution in [0.1, 0.15) is 27.8 Å². The van der Waals surface area contributed by atoms with Crippen LogP contribution in [-0.2, 0) is 7.05 Å². The van der Waals surface area contributed by atoms with Gasteiger partial charge in [0.2, 0.25) is 0 Å². The van der Waals surface area contributed by atoms with E-state index in [-0.39, 0.29) is 5.78 Å². The van der Waals surface area contributed by atoms with Crippen LogP contribution in [0.3, 0.4) is 0 Å². The lowest BCUT2D eigenvalue weighted by molar-refractivity contribution is 0.0734. The Labute approximate surface area is 124 Å². The van der Waals surface area contributed by atoms with Crippen molar-refractivity contribution < 1.29 is 9.90 Å². The zero-order chi connectivity index (χ0) is 15.4. The lowest BCUT2D eigenvalue weighted by atomic mass is 10.0. The number of hydrazone groups is 1. The normalized spacial score (nSPS) is 12.6. The molecule has 0 saturated carbocycles. The molecule has 5 heteroatoms. The van der Waals surface area contributed by atoms with Crippen LogP contribution >= 0.6 is 0 Å². The van der Waals surface area contributed by atoms with Gasteiger partial charge in [-0.15, -0.1) is 0 Å². The second-order valence-corrected chi connectivity index (χ2v) is 4.97. The molecule has 2 aromatic rings. The van der Waals surface area contributed by atoms with Gasteiger partial charge in [-0.2, -0.15) is 5.10 Å². The number of benzene rings is 1. The van der Waals surface area contributed by atoms with Crippen LogP contribution in [0, 0.1) is 0 Å². The largest absolute Gasteiger partial charge is 0.379 e. The van der Waals surface area contributed by atoms with Crippen molar-refractivity contribution in [1.82, 2.24) is 9.58 Å². The van der Waals surface area contributed by atoms with E-state index in [4.69, 9.17) is 0 Å². The molecule has 1 aromatic carbocycles. The monoisotopic (exact) mass is 285 g/mol. The van der Waals surface area contributed by atoms with E-state index < -0.39 is 6.10 Å². The standard InChI is InChI=1S/C16H19N3O2/c1-18(2)17-11-13-9-10-14(19(13)3)16(21)15(20)12-7-5-4-6-8-12/h4-11,16,21H,1-3H3/b17-11+. The topological polar surface area (TPSA) is 57.8 Å². The van der Waals surface area contributed by atoms with E-state index >= 15 is 0 Å². The number of rotatable bonds is 5. The van der Waals surface area contributed by atoms with Crippen LogP contribution in [0.5, 0.6) is 0 Å². The van der Waals surface area contributed by atoms with Gasteiger partial charge in [-0.05, 0) is 12.1 Å². The van der Waals surface area contributed by atoms with Crippen molar-refractivity contribution in [3.63, 3.8) is 0 Å². The van der Waals surface area contributed by atoms with Gasteiger partial charge < -0.3 is 14.7 Å². The molecule has 1 N–H and O–H groups in total. The van der Waals surface area contributed by atoms with Gasteiger partial charge in [-0.25, -0.2) is 0 Å². The molecule has 0 spiro atoms. The molecule has 0 saturated heterocycles. The quantitative estimate of drug-likeness (QED) is 0.518. The van der Waals surface area contributed by atoms with Crippen molar-refractivity contribution in [1.29, 1.82) is 0 Å². The molecule has 0 aliphatic carbocycles. The summed E-state index contributed by atoms with van der Waals surface area (Å²) in [5.74, 6) is -0.312. The summed E-state index contributed by atoms with van der Waals surface area (Å²) in [6, 6.07) is 12.3. The minimum absolute atomic E-state index is 0.312. The molecule has 21 heavy (non-hydrogen) atoms. The van der Waals surface area contributed by atoms with Crippen LogP contribution in [0.2, 0.25) is 0 Å². The molecule has 0 fully saturated rings. The number of nitrogens with zero attached hydrogens (tertiary/aromatic N) is 3. The van der Waals surface area contributed by atoms with Gasteiger partial charge in [-0.1, -0.05) is 30.3 Å². The number of hydrogen-bond donors (Lipinski definition) is 1. The predicted octanol–water partition coefficient (Wildman–Crippen LogP) is 1.84. The molecule has 1 heterocycles. The third-order valence-electron chi connectivity index (χ3n) is 3.21. The van der Waals surface area contributed by atoms with E-state index in [0.29, 0.717) is 11.3 Å². The van der Waals surface area contributed by atoms with E-state index in [0.717, 1.165) is 5.69 Å². The van der Waals surface area contributed by atoms with Crippen LogP contribution in [0.15, 0.2) is 47.6 Å². The second-order valence-electron chi connectivity index (χ2n) is 4.97. The SMILES string of the molecule is CN(C)/N=C/c1ccc(C(O)C(=O)c2ccccc2)n1C. The van der Waals surface area contributed by atoms with Crippen LogP contribution < -0.4 is 0 Å². The van der Waals surface area contributed by atoms with Gasteiger partial charge in [0, 0.05) is 26.7 Å². The van der Waals surface area contributed by atoms with Crippen molar-refractivity contribution in [2.24, 2.45) is 12.1 Å². The second kappa shape index (κ2) is 6.37. The molecule has 0 amide bonds. The molecule has 1 aromatic heterocycles. The first kappa shape index (κ1) is 15.0. The number of carbonyl (C=O) groups is 1. The fourth-order valence-corrected chi connectivity index (χ4v) is 2.02. The molecule has 0 aliphatic rings. The molecular formula is C16H19N3O2. The van der Waals surface area contributed by atoms with Gasteiger partial charge >= 0.3 is 0 Å². The molecular weight excluding hydrogens is 266 g/mol. The van der Waals surface area contributed by atoms with Gasteiger partial charge in [0.25, 0.3) is 0 Å². The smallest absolute Gasteiger partial charge is 0.197 e. The molecule has 5 nitrogen and oxygen atoms in total. The number of aliphatic hydroxyl groups is 1. The van der Waals surface area contributed by atoms with Crippen LogP contribution in [0.4, 0.5) is 0 Å². The van der Waals surface area contributed by atoms with Crippen LogP contribution in [0.25, 0.3) is 0 Å². The maximum Gasteiger partial charge on any atom is 0.197 e. The maximum atomic E-state index is 12.3. The average Bonchev–Trinajstić information content (AvgIpc) is 2.85. The predicted molar refractivity (Wildman–Crippen MR) is 82.4 cm³/mol. The third kappa shape index (κ3) is 3.38. The Balaban J connectivity index is 2.24. The number of ketones is 1. The van der Waals surface area contributed by atoms with Crippen molar-refractivity contribution >= 4 is 12.0 Å². The first-order valence-corrected chi connectivity index (χ1v) is 6.65. The highest BCUT2D eigenvalue weighted by molar-refractivity contribution is 5.99. The van der Waals surface area contributed by atoms with Crippen molar-refractivity contribution in [2.75, 3.05) is 14.1 Å². The van der Waals surface area contributed by atoms with Gasteiger partial charge in [0.05, 0.1) is 17.6 Å². The molecule has 110 valence electrons. The number of aliphatic hydroxyl groups excluding tert-OH is 1. The molecule has 1 atom stereocenters. The maximum absolute atomic E-state index is 12.3. The highest BCUT2D eigenvalue weighted by Gasteiger charge is 2.22. The summed E-state index contributed by atoms with van der Waals surface area (Å²) in [6.45, 7) is 0. The van der Waals surface area contributed by atoms with Gasteiger partial charge in [0.1, 0.15) is 0 Å². The molecule has 0 bridgehead atoms. The summed E-state index contributed by atoms with van der Waals surface area (Å²) < 4.78 is 1.76. The van der Waals surface area contributed by atoms with Crippen molar-refractivity contribution in [2.45, 2.75) is 6.10 Å². The number of hydrogen-bond acceptors (Lipinski definition) is 4. The fraction of sp³-hybridized carbons (Fsp3) is 0.250. The lowest BCUT2D eigenvalue weighted by Gasteiger charge is -2.12. The van der Waals surface area contributed by atoms with E-state index in [9.17, 15) is 9.90 Å². The first-order valence-electron chi connectivity index (χ1n) is 6.65. The first-order chi connectivity index (χ1) is 10.0. The third-order valence-corrected chi connectivity index (χ3v) is 3.21. The minimum atomic E-state index is -1.18. The lowest BCUT2D eigenvalue weighted by Crippen LogP contribution is -2.16. The summed E-state index contributed by atoms with van der Waals surface area (Å²) in [5, 5.41) is 16.1. The molecule has 0 aliphatic heterocycles. The summed E-state index contributed by atoms with van der Waals surface area (Å²) in [6.07, 6.45) is 0.502. The Bertz CT molecular complexity index is 645. The molecule has 2 rings (SSSR count). The average molecular weight is 285 g/mol. The zero-order valence-corrected chi connectivity index (χ0v) is 12.4. The Morgan fingerprint density at radius 1 is 1.24 bits per heavy atom. The van der Waals surface area contributed by atoms with Gasteiger partial charge in [0.15, 0.2) is 11.9 Å². The zero-order valence-electron chi connectivity index (χ0n) is 12.4. The number of Topliss-reactive ketones (excluding diaryl/α,β-unsaturated/α-hetero) is 1. The van der Waals surface area contributed by atoms with Crippen LogP contribution in [-0.4, -0.2) is 40.8 Å². The summed E-state index contributed by atoms with van der Waals surface area (Å²) in [4.78, 5) is 12.3. The van der Waals surface area contributed by atoms with E-state index in [2.05, 4.69) is 5.10 Å². The van der Waals surface area contributed by atoms with Gasteiger partial charge in [-0.3, -0.25) is 4.79 Å². The molecule has 1 unspecified atom stereocenters. The highest BCUT2D eigenvalue weighted by atomic mass is 16.3. The Kier molecular flexibility index (Phi) is 4.55. The fourth-order valence-electron chi connectivity index (χ4n) is 2.02. The minimum Gasteiger partial charge on any atom is -0.379 e. The molecule has 0 radical (unpaired) electrons. The number of aromatic nitrogens is 1. The summed E-state index contributed by atoms with van der Waals surface area (Å²) >= 11 is 0. The summed E-state index contributed by atoms with van der Waals surface area (Å²) in [7, 11) is 5.45. The van der Waals surface area contributed by atoms with E-state index in [1.165, 1.54) is 0 Å². The van der Waals surface area contributed by atoms with E-state index in [1.54, 1.807) is 53.2 Å². The van der Waals surface area contributed by atoms with Crippen molar-refractivity contribution in [3.8, 4) is 0 Å². The van der Waals surface area contributed by atoms with Crippen molar-refractivity contribution in [3.05, 3.63) is 59.4 Å². The highest BCUT2D eigenvalue weighted by Crippen LogP contribution is 2.20. The number of carbonyl (C=O) groups excluding carboxylic acids is 1.